The van der Waals surface area contributed by atoms with Gasteiger partial charge in [0.05, 0.1) is 17.9 Å². The summed E-state index contributed by atoms with van der Waals surface area (Å²) >= 11 is 0. The Balaban J connectivity index is 1.61. The van der Waals surface area contributed by atoms with E-state index in [1.54, 1.807) is 31.2 Å². The number of nitrogens with zero attached hydrogens (tertiary/aromatic N) is 1. The lowest BCUT2D eigenvalue weighted by Gasteiger charge is -2.16. The molecule has 7 nitrogen and oxygen atoms in total. The smallest absolute Gasteiger partial charge is 0.340 e. The quantitative estimate of drug-likeness (QED) is 0.733. The van der Waals surface area contributed by atoms with Crippen molar-refractivity contribution in [2.24, 2.45) is 0 Å². The highest BCUT2D eigenvalue weighted by atomic mass is 16.5. The van der Waals surface area contributed by atoms with Crippen molar-refractivity contribution in [1.82, 2.24) is 5.32 Å². The van der Waals surface area contributed by atoms with Gasteiger partial charge in [0, 0.05) is 25.2 Å². The highest BCUT2D eigenvalue weighted by Crippen LogP contribution is 2.29. The number of hydrogen-bond donors (Lipinski definition) is 2. The molecule has 0 bridgehead atoms. The summed E-state index contributed by atoms with van der Waals surface area (Å²) in [5.74, 6) is -0.359. The van der Waals surface area contributed by atoms with Gasteiger partial charge >= 0.3 is 12.0 Å². The van der Waals surface area contributed by atoms with Crippen LogP contribution in [-0.4, -0.2) is 31.1 Å². The summed E-state index contributed by atoms with van der Waals surface area (Å²) in [5.41, 5.74) is 3.71. The third-order valence-corrected chi connectivity index (χ3v) is 4.77. The lowest BCUT2D eigenvalue weighted by Crippen LogP contribution is -2.29. The van der Waals surface area contributed by atoms with E-state index in [4.69, 9.17) is 4.74 Å². The molecule has 0 aliphatic carbocycles. The minimum atomic E-state index is -0.479. The van der Waals surface area contributed by atoms with Crippen molar-refractivity contribution in [2.45, 2.75) is 33.2 Å². The van der Waals surface area contributed by atoms with Gasteiger partial charge in [-0.05, 0) is 42.7 Å². The first kappa shape index (κ1) is 20.4. The lowest BCUT2D eigenvalue weighted by molar-refractivity contribution is -0.118. The first-order chi connectivity index (χ1) is 14.0. The number of amides is 3. The molecule has 0 aromatic heterocycles. The zero-order valence-corrected chi connectivity index (χ0v) is 16.7. The number of benzene rings is 2. The number of fused-ring (bicyclic) bond motifs is 1. The van der Waals surface area contributed by atoms with E-state index in [1.807, 2.05) is 30.0 Å². The van der Waals surface area contributed by atoms with Gasteiger partial charge in [0.1, 0.15) is 0 Å². The summed E-state index contributed by atoms with van der Waals surface area (Å²) < 4.78 is 5.02. The highest BCUT2D eigenvalue weighted by Gasteiger charge is 2.23. The van der Waals surface area contributed by atoms with Crippen LogP contribution >= 0.6 is 0 Å². The molecule has 3 rings (SSSR count). The molecule has 2 aromatic carbocycles. The summed E-state index contributed by atoms with van der Waals surface area (Å²) in [6, 6.07) is 12.2. The molecule has 0 fully saturated rings. The summed E-state index contributed by atoms with van der Waals surface area (Å²) in [6.45, 7) is 4.89. The second kappa shape index (κ2) is 9.23. The fourth-order valence-corrected chi connectivity index (χ4v) is 3.34. The number of carbonyl (C=O) groups excluding carboxylic acids is 3. The number of urea groups is 1. The van der Waals surface area contributed by atoms with E-state index in [2.05, 4.69) is 10.6 Å². The molecular formula is C22H25N3O4. The zero-order valence-electron chi connectivity index (χ0n) is 16.7. The lowest BCUT2D eigenvalue weighted by atomic mass is 10.1. The topological polar surface area (TPSA) is 87.7 Å². The van der Waals surface area contributed by atoms with Gasteiger partial charge in [-0.1, -0.05) is 31.2 Å². The number of para-hydroxylation sites is 1. The van der Waals surface area contributed by atoms with Crippen molar-refractivity contribution in [3.05, 3.63) is 59.2 Å². The SMILES string of the molecule is CCOC(=O)c1ccccc1NC(=O)NCc1ccc2c(c1)CCN2C(=O)CC. The number of hydrogen-bond acceptors (Lipinski definition) is 4. The Morgan fingerprint density at radius 2 is 1.90 bits per heavy atom. The molecule has 0 spiro atoms. The zero-order chi connectivity index (χ0) is 20.8. The monoisotopic (exact) mass is 395 g/mol. The second-order valence-electron chi connectivity index (χ2n) is 6.69. The maximum Gasteiger partial charge on any atom is 0.340 e. The van der Waals surface area contributed by atoms with Crippen molar-refractivity contribution in [2.75, 3.05) is 23.4 Å². The molecule has 1 heterocycles. The molecule has 7 heteroatoms. The van der Waals surface area contributed by atoms with E-state index in [0.717, 1.165) is 23.2 Å². The first-order valence-electron chi connectivity index (χ1n) is 9.76. The number of ether oxygens (including phenoxy) is 1. The number of rotatable bonds is 6. The Hall–Kier alpha value is -3.35. The number of anilines is 2. The largest absolute Gasteiger partial charge is 0.462 e. The van der Waals surface area contributed by atoms with Gasteiger partial charge in [0.2, 0.25) is 5.91 Å². The predicted molar refractivity (Wildman–Crippen MR) is 111 cm³/mol. The number of carbonyl (C=O) groups is 3. The molecule has 1 aliphatic heterocycles. The normalized spacial score (nSPS) is 12.3. The van der Waals surface area contributed by atoms with Crippen molar-refractivity contribution >= 4 is 29.3 Å². The van der Waals surface area contributed by atoms with Gasteiger partial charge in [0.25, 0.3) is 0 Å². The summed E-state index contributed by atoms with van der Waals surface area (Å²) in [7, 11) is 0. The van der Waals surface area contributed by atoms with Crippen LogP contribution in [0, 0.1) is 0 Å². The van der Waals surface area contributed by atoms with Crippen LogP contribution in [0.2, 0.25) is 0 Å². The van der Waals surface area contributed by atoms with E-state index < -0.39 is 12.0 Å². The van der Waals surface area contributed by atoms with E-state index in [-0.39, 0.29) is 12.5 Å². The highest BCUT2D eigenvalue weighted by molar-refractivity contribution is 6.00. The van der Waals surface area contributed by atoms with Crippen molar-refractivity contribution < 1.29 is 19.1 Å². The molecule has 0 radical (unpaired) electrons. The first-order valence-corrected chi connectivity index (χ1v) is 9.76. The molecule has 152 valence electrons. The fraction of sp³-hybridized carbons (Fsp3) is 0.318. The van der Waals surface area contributed by atoms with Crippen LogP contribution in [0.25, 0.3) is 0 Å². The summed E-state index contributed by atoms with van der Waals surface area (Å²) in [5, 5.41) is 5.50. The van der Waals surface area contributed by atoms with Crippen molar-refractivity contribution in [3.8, 4) is 0 Å². The molecule has 0 unspecified atom stereocenters. The summed E-state index contributed by atoms with van der Waals surface area (Å²) in [4.78, 5) is 38.1. The van der Waals surface area contributed by atoms with Gasteiger partial charge in [-0.3, -0.25) is 4.79 Å². The number of nitrogens with one attached hydrogen (secondary N) is 2. The molecule has 0 atom stereocenters. The Labute approximate surface area is 170 Å². The maximum absolute atomic E-state index is 12.3. The number of esters is 1. The van der Waals surface area contributed by atoms with Crippen LogP contribution < -0.4 is 15.5 Å². The second-order valence-corrected chi connectivity index (χ2v) is 6.69. The molecule has 0 saturated heterocycles. The Bertz CT molecular complexity index is 926. The van der Waals surface area contributed by atoms with Gasteiger partial charge in [-0.25, -0.2) is 9.59 Å². The fourth-order valence-electron chi connectivity index (χ4n) is 3.34. The third-order valence-electron chi connectivity index (χ3n) is 4.77. The van der Waals surface area contributed by atoms with Gasteiger partial charge in [-0.2, -0.15) is 0 Å². The van der Waals surface area contributed by atoms with E-state index >= 15 is 0 Å². The molecule has 2 N–H and O–H groups in total. The van der Waals surface area contributed by atoms with Gasteiger partial charge < -0.3 is 20.3 Å². The molecular weight excluding hydrogens is 370 g/mol. The van der Waals surface area contributed by atoms with Crippen molar-refractivity contribution in [3.63, 3.8) is 0 Å². The van der Waals surface area contributed by atoms with Crippen LogP contribution in [-0.2, 0) is 22.5 Å². The maximum atomic E-state index is 12.3. The third kappa shape index (κ3) is 4.74. The van der Waals surface area contributed by atoms with Crippen LogP contribution in [0.15, 0.2) is 42.5 Å². The average Bonchev–Trinajstić information content (AvgIpc) is 3.15. The van der Waals surface area contributed by atoms with Gasteiger partial charge in [0.15, 0.2) is 0 Å². The van der Waals surface area contributed by atoms with Crippen LogP contribution in [0.4, 0.5) is 16.2 Å². The molecule has 1 aliphatic rings. The Morgan fingerprint density at radius 1 is 1.10 bits per heavy atom. The van der Waals surface area contributed by atoms with E-state index in [0.29, 0.717) is 30.8 Å². The minimum absolute atomic E-state index is 0.120. The van der Waals surface area contributed by atoms with Gasteiger partial charge in [-0.15, -0.1) is 0 Å². The average molecular weight is 395 g/mol. The summed E-state index contributed by atoms with van der Waals surface area (Å²) in [6.07, 6.45) is 1.30. The minimum Gasteiger partial charge on any atom is -0.462 e. The molecule has 0 saturated carbocycles. The van der Waals surface area contributed by atoms with Crippen LogP contribution in [0.3, 0.4) is 0 Å². The van der Waals surface area contributed by atoms with Crippen LogP contribution in [0.1, 0.15) is 41.8 Å². The van der Waals surface area contributed by atoms with Crippen molar-refractivity contribution in [1.29, 1.82) is 0 Å². The Morgan fingerprint density at radius 3 is 2.66 bits per heavy atom. The Kier molecular flexibility index (Phi) is 6.49. The standard InChI is InChI=1S/C22H25N3O4/c1-3-20(26)25-12-11-16-13-15(9-10-19(16)25)14-23-22(28)24-18-8-6-5-7-17(18)21(27)29-4-2/h5-10,13H,3-4,11-12,14H2,1-2H3,(H2,23,24,28). The molecule has 3 amide bonds. The van der Waals surface area contributed by atoms with E-state index in [9.17, 15) is 14.4 Å². The molecule has 2 aromatic rings. The molecule has 29 heavy (non-hydrogen) atoms. The van der Waals surface area contributed by atoms with E-state index in [1.165, 1.54) is 0 Å². The predicted octanol–water partition coefficient (Wildman–Crippen LogP) is 3.48. The van der Waals surface area contributed by atoms with Crippen LogP contribution in [0.5, 0.6) is 0 Å².